The summed E-state index contributed by atoms with van der Waals surface area (Å²) in [7, 11) is 0. The Morgan fingerprint density at radius 1 is 1.21 bits per heavy atom. The number of nitrogens with zero attached hydrogens (tertiary/aromatic N) is 3. The van der Waals surface area contributed by atoms with Crippen LogP contribution in [0.5, 0.6) is 11.5 Å². The van der Waals surface area contributed by atoms with Crippen molar-refractivity contribution in [3.05, 3.63) is 72.1 Å². The van der Waals surface area contributed by atoms with Crippen molar-refractivity contribution < 1.29 is 19.1 Å². The number of para-hydroxylation sites is 2. The van der Waals surface area contributed by atoms with Gasteiger partial charge in [-0.2, -0.15) is 0 Å². The fourth-order valence-electron chi connectivity index (χ4n) is 3.86. The third kappa shape index (κ3) is 4.36. The molecule has 2 aliphatic heterocycles. The monoisotopic (exact) mass is 462 g/mol. The SMILES string of the molecule is C=CCn1c(SCC(=O)c2ccc3c(c2)CCC(=O)N3)nnc1[C@H]1COc2ccccc2O1. The molecule has 1 atom stereocenters. The molecule has 8 nitrogen and oxygen atoms in total. The Morgan fingerprint density at radius 3 is 2.91 bits per heavy atom. The smallest absolute Gasteiger partial charge is 0.224 e. The summed E-state index contributed by atoms with van der Waals surface area (Å²) in [5.74, 6) is 2.20. The molecule has 0 fully saturated rings. The second-order valence-electron chi connectivity index (χ2n) is 7.74. The number of carbonyl (C=O) groups excluding carboxylic acids is 2. The van der Waals surface area contributed by atoms with E-state index in [2.05, 4.69) is 22.1 Å². The van der Waals surface area contributed by atoms with Crippen LogP contribution in [0.2, 0.25) is 0 Å². The third-order valence-electron chi connectivity index (χ3n) is 5.51. The molecule has 1 N–H and O–H groups in total. The number of hydrogen-bond donors (Lipinski definition) is 1. The lowest BCUT2D eigenvalue weighted by molar-refractivity contribution is -0.116. The van der Waals surface area contributed by atoms with Crippen LogP contribution in [-0.2, 0) is 17.8 Å². The molecule has 2 aromatic carbocycles. The molecule has 3 aromatic rings. The Hall–Kier alpha value is -3.59. The number of allylic oxidation sites excluding steroid dienone is 1. The van der Waals surface area contributed by atoms with Gasteiger partial charge in [0.2, 0.25) is 5.91 Å². The van der Waals surface area contributed by atoms with Gasteiger partial charge in [-0.3, -0.25) is 14.2 Å². The van der Waals surface area contributed by atoms with E-state index >= 15 is 0 Å². The van der Waals surface area contributed by atoms with Gasteiger partial charge < -0.3 is 14.8 Å². The van der Waals surface area contributed by atoms with E-state index in [1.54, 1.807) is 18.2 Å². The number of carbonyl (C=O) groups is 2. The van der Waals surface area contributed by atoms with E-state index in [0.717, 1.165) is 11.3 Å². The number of benzene rings is 2. The number of hydrogen-bond acceptors (Lipinski definition) is 7. The van der Waals surface area contributed by atoms with E-state index < -0.39 is 6.10 Å². The highest BCUT2D eigenvalue weighted by Gasteiger charge is 2.28. The van der Waals surface area contributed by atoms with Gasteiger partial charge >= 0.3 is 0 Å². The number of ketones is 1. The molecule has 0 saturated heterocycles. The molecule has 33 heavy (non-hydrogen) atoms. The van der Waals surface area contributed by atoms with Crippen molar-refractivity contribution in [1.82, 2.24) is 14.8 Å². The standard InChI is InChI=1S/C24H22N4O4S/c1-2-11-28-23(21-13-31-19-5-3-4-6-20(19)32-21)26-27-24(28)33-14-18(29)16-7-9-17-15(12-16)8-10-22(30)25-17/h2-7,9,12,21H,1,8,10-11,13-14H2,(H,25,30)/t21-/m1/s1. The van der Waals surface area contributed by atoms with E-state index in [1.807, 2.05) is 34.9 Å². The minimum absolute atomic E-state index is 0.00493. The lowest BCUT2D eigenvalue weighted by Crippen LogP contribution is -2.25. The highest BCUT2D eigenvalue weighted by molar-refractivity contribution is 7.99. The zero-order valence-corrected chi connectivity index (χ0v) is 18.6. The van der Waals surface area contributed by atoms with Crippen molar-refractivity contribution in [2.24, 2.45) is 0 Å². The number of nitrogens with one attached hydrogen (secondary N) is 1. The number of Topliss-reactive ketones (excluding diaryl/α,β-unsaturated/α-hetero) is 1. The van der Waals surface area contributed by atoms with Crippen molar-refractivity contribution in [2.45, 2.75) is 30.6 Å². The van der Waals surface area contributed by atoms with Crippen molar-refractivity contribution in [2.75, 3.05) is 17.7 Å². The summed E-state index contributed by atoms with van der Waals surface area (Å²) in [6.07, 6.45) is 2.42. The van der Waals surface area contributed by atoms with Crippen LogP contribution in [0, 0.1) is 0 Å². The molecule has 0 spiro atoms. The van der Waals surface area contributed by atoms with Gasteiger partial charge in [0.05, 0.1) is 5.75 Å². The third-order valence-corrected chi connectivity index (χ3v) is 6.48. The Bertz CT molecular complexity index is 1240. The van der Waals surface area contributed by atoms with Gasteiger partial charge in [0.25, 0.3) is 0 Å². The van der Waals surface area contributed by atoms with Gasteiger partial charge in [0.1, 0.15) is 6.61 Å². The minimum atomic E-state index is -0.409. The first kappa shape index (κ1) is 21.3. The molecule has 0 bridgehead atoms. The Kier molecular flexibility index (Phi) is 5.87. The minimum Gasteiger partial charge on any atom is -0.485 e. The zero-order valence-electron chi connectivity index (χ0n) is 17.8. The first-order chi connectivity index (χ1) is 16.1. The van der Waals surface area contributed by atoms with Crippen LogP contribution in [0.15, 0.2) is 60.3 Å². The second-order valence-corrected chi connectivity index (χ2v) is 8.68. The molecule has 5 rings (SSSR count). The number of amides is 1. The van der Waals surface area contributed by atoms with E-state index in [0.29, 0.717) is 54.0 Å². The largest absolute Gasteiger partial charge is 0.485 e. The molecule has 1 amide bonds. The van der Waals surface area contributed by atoms with Crippen LogP contribution < -0.4 is 14.8 Å². The molecule has 2 aliphatic rings. The Labute approximate surface area is 195 Å². The van der Waals surface area contributed by atoms with Gasteiger partial charge in [0, 0.05) is 24.2 Å². The van der Waals surface area contributed by atoms with Crippen molar-refractivity contribution in [1.29, 1.82) is 0 Å². The summed E-state index contributed by atoms with van der Waals surface area (Å²) < 4.78 is 13.8. The van der Waals surface area contributed by atoms with Crippen LogP contribution in [0.25, 0.3) is 0 Å². The highest BCUT2D eigenvalue weighted by Crippen LogP contribution is 2.36. The normalized spacial score (nSPS) is 16.6. The lowest BCUT2D eigenvalue weighted by Gasteiger charge is -2.26. The topological polar surface area (TPSA) is 95.3 Å². The van der Waals surface area contributed by atoms with E-state index in [-0.39, 0.29) is 17.4 Å². The van der Waals surface area contributed by atoms with E-state index in [9.17, 15) is 9.59 Å². The summed E-state index contributed by atoms with van der Waals surface area (Å²) in [6.45, 7) is 4.64. The van der Waals surface area contributed by atoms with E-state index in [1.165, 1.54) is 11.8 Å². The fourth-order valence-corrected chi connectivity index (χ4v) is 4.71. The summed E-state index contributed by atoms with van der Waals surface area (Å²) >= 11 is 1.32. The summed E-state index contributed by atoms with van der Waals surface area (Å²) in [4.78, 5) is 24.4. The first-order valence-corrected chi connectivity index (χ1v) is 11.6. The average Bonchev–Trinajstić information content (AvgIpc) is 3.24. The first-order valence-electron chi connectivity index (χ1n) is 10.6. The Balaban J connectivity index is 1.30. The lowest BCUT2D eigenvalue weighted by atomic mass is 9.99. The average molecular weight is 463 g/mol. The zero-order chi connectivity index (χ0) is 22.8. The number of rotatable bonds is 7. The van der Waals surface area contributed by atoms with Crippen LogP contribution in [0.4, 0.5) is 5.69 Å². The second kappa shape index (κ2) is 9.11. The molecule has 0 saturated carbocycles. The number of ether oxygens (including phenoxy) is 2. The van der Waals surface area contributed by atoms with Crippen molar-refractivity contribution in [3.63, 3.8) is 0 Å². The summed E-state index contributed by atoms with van der Waals surface area (Å²) in [6, 6.07) is 12.9. The maximum Gasteiger partial charge on any atom is 0.224 e. The van der Waals surface area contributed by atoms with Crippen LogP contribution in [0.1, 0.15) is 34.3 Å². The maximum absolute atomic E-state index is 12.9. The maximum atomic E-state index is 12.9. The number of aryl methyl sites for hydroxylation is 1. The molecular weight excluding hydrogens is 440 g/mol. The number of aromatic nitrogens is 3. The molecule has 168 valence electrons. The van der Waals surface area contributed by atoms with Crippen LogP contribution in [-0.4, -0.2) is 38.8 Å². The van der Waals surface area contributed by atoms with Crippen molar-refractivity contribution >= 4 is 29.1 Å². The molecular formula is C24H22N4O4S. The Morgan fingerprint density at radius 2 is 2.06 bits per heavy atom. The summed E-state index contributed by atoms with van der Waals surface area (Å²) in [5.41, 5.74) is 2.38. The molecule has 1 aromatic heterocycles. The van der Waals surface area contributed by atoms with Crippen molar-refractivity contribution in [3.8, 4) is 11.5 Å². The van der Waals surface area contributed by atoms with Gasteiger partial charge in [-0.1, -0.05) is 30.0 Å². The van der Waals surface area contributed by atoms with Crippen LogP contribution in [0.3, 0.4) is 0 Å². The number of anilines is 1. The summed E-state index contributed by atoms with van der Waals surface area (Å²) in [5, 5.41) is 12.1. The van der Waals surface area contributed by atoms with Gasteiger partial charge in [-0.25, -0.2) is 0 Å². The quantitative estimate of drug-likeness (QED) is 0.324. The van der Waals surface area contributed by atoms with E-state index in [4.69, 9.17) is 9.47 Å². The molecule has 3 heterocycles. The predicted octanol–water partition coefficient (Wildman–Crippen LogP) is 3.84. The fraction of sp³-hybridized carbons (Fsp3) is 0.250. The van der Waals surface area contributed by atoms with Gasteiger partial charge in [-0.15, -0.1) is 16.8 Å². The molecule has 0 unspecified atom stereocenters. The number of thioether (sulfide) groups is 1. The molecule has 0 radical (unpaired) electrons. The molecule has 9 heteroatoms. The van der Waals surface area contributed by atoms with Gasteiger partial charge in [0.15, 0.2) is 34.4 Å². The van der Waals surface area contributed by atoms with Crippen LogP contribution >= 0.6 is 11.8 Å². The molecule has 0 aliphatic carbocycles. The predicted molar refractivity (Wildman–Crippen MR) is 124 cm³/mol. The highest BCUT2D eigenvalue weighted by atomic mass is 32.2. The number of fused-ring (bicyclic) bond motifs is 2. The van der Waals surface area contributed by atoms with Gasteiger partial charge in [-0.05, 0) is 42.3 Å².